The normalized spacial score (nSPS) is 18.5. The minimum atomic E-state index is 0.390. The van der Waals surface area contributed by atoms with Crippen molar-refractivity contribution in [3.05, 3.63) is 0 Å². The molecular formula is C13H28. The van der Waals surface area contributed by atoms with Gasteiger partial charge in [-0.05, 0) is 22.7 Å². The minimum Gasteiger partial charge on any atom is -0.0649 e. The van der Waals surface area contributed by atoms with Crippen molar-refractivity contribution in [2.24, 2.45) is 16.2 Å². The van der Waals surface area contributed by atoms with Gasteiger partial charge in [0.2, 0.25) is 0 Å². The van der Waals surface area contributed by atoms with Gasteiger partial charge < -0.3 is 0 Å². The van der Waals surface area contributed by atoms with Gasteiger partial charge in [-0.1, -0.05) is 61.8 Å². The van der Waals surface area contributed by atoms with Crippen molar-refractivity contribution in [3.8, 4) is 0 Å². The van der Waals surface area contributed by atoms with Crippen LogP contribution in [0.25, 0.3) is 0 Å². The maximum atomic E-state index is 2.44. The van der Waals surface area contributed by atoms with Gasteiger partial charge in [-0.3, -0.25) is 0 Å². The van der Waals surface area contributed by atoms with E-state index in [0.29, 0.717) is 16.2 Å². The first-order chi connectivity index (χ1) is 5.62. The summed E-state index contributed by atoms with van der Waals surface area (Å²) < 4.78 is 0. The fourth-order valence-corrected chi connectivity index (χ4v) is 2.41. The van der Waals surface area contributed by atoms with E-state index < -0.39 is 0 Å². The second kappa shape index (κ2) is 3.63. The summed E-state index contributed by atoms with van der Waals surface area (Å²) in [4.78, 5) is 0. The first-order valence-corrected chi connectivity index (χ1v) is 5.62. The fourth-order valence-electron chi connectivity index (χ4n) is 2.41. The number of rotatable bonds is 3. The molecule has 0 nitrogen and oxygen atoms in total. The lowest BCUT2D eigenvalue weighted by molar-refractivity contribution is -0.0317. The molecule has 0 spiro atoms. The third kappa shape index (κ3) is 2.08. The summed E-state index contributed by atoms with van der Waals surface area (Å²) in [5.74, 6) is 0. The van der Waals surface area contributed by atoms with Gasteiger partial charge in [0.05, 0.1) is 0 Å². The zero-order valence-corrected chi connectivity index (χ0v) is 10.9. The lowest BCUT2D eigenvalue weighted by Crippen LogP contribution is -2.44. The molecule has 0 aromatic carbocycles. The molecule has 0 saturated carbocycles. The molecule has 0 saturated heterocycles. The molecule has 80 valence electrons. The summed E-state index contributed by atoms with van der Waals surface area (Å²) in [6.45, 7) is 19.0. The van der Waals surface area contributed by atoms with Crippen LogP contribution in [0, 0.1) is 16.2 Å². The highest BCUT2D eigenvalue weighted by Crippen LogP contribution is 2.54. The number of hydrogen-bond acceptors (Lipinski definition) is 0. The lowest BCUT2D eigenvalue weighted by atomic mass is 9.52. The topological polar surface area (TPSA) is 0 Å². The highest BCUT2D eigenvalue weighted by Gasteiger charge is 2.46. The Bertz CT molecular complexity index is 159. The molecule has 0 heteroatoms. The molecule has 0 fully saturated rings. The molecule has 0 aromatic rings. The molecule has 0 bridgehead atoms. The van der Waals surface area contributed by atoms with Crippen LogP contribution in [0.1, 0.15) is 68.2 Å². The van der Waals surface area contributed by atoms with Crippen molar-refractivity contribution in [1.82, 2.24) is 0 Å². The number of hydrogen-bond donors (Lipinski definition) is 0. The van der Waals surface area contributed by atoms with E-state index in [1.807, 2.05) is 0 Å². The van der Waals surface area contributed by atoms with Crippen LogP contribution in [-0.2, 0) is 0 Å². The Labute approximate surface area is 85.1 Å². The molecule has 0 rings (SSSR count). The van der Waals surface area contributed by atoms with E-state index in [1.165, 1.54) is 12.8 Å². The highest BCUT2D eigenvalue weighted by atomic mass is 14.5. The first-order valence-electron chi connectivity index (χ1n) is 5.62. The molecule has 1 unspecified atom stereocenters. The first kappa shape index (κ1) is 13.0. The lowest BCUT2D eigenvalue weighted by Gasteiger charge is -2.52. The van der Waals surface area contributed by atoms with E-state index in [1.54, 1.807) is 0 Å². The summed E-state index contributed by atoms with van der Waals surface area (Å²) in [5, 5.41) is 0. The Hall–Kier alpha value is 0. The maximum Gasteiger partial charge on any atom is -0.0229 e. The van der Waals surface area contributed by atoms with Gasteiger partial charge in [-0.15, -0.1) is 0 Å². The van der Waals surface area contributed by atoms with Crippen molar-refractivity contribution < 1.29 is 0 Å². The predicted octanol–water partition coefficient (Wildman–Crippen LogP) is 4.89. The molecule has 0 radical (unpaired) electrons. The Kier molecular flexibility index (Phi) is 3.63. The van der Waals surface area contributed by atoms with Crippen molar-refractivity contribution >= 4 is 0 Å². The van der Waals surface area contributed by atoms with Crippen molar-refractivity contribution in [2.75, 3.05) is 0 Å². The SMILES string of the molecule is CCC(C)(C)C(C)(CC)C(C)(C)C. The van der Waals surface area contributed by atoms with Gasteiger partial charge in [0, 0.05) is 0 Å². The molecule has 0 N–H and O–H groups in total. The summed E-state index contributed by atoms with van der Waals surface area (Å²) >= 11 is 0. The third-order valence-corrected chi connectivity index (χ3v) is 4.74. The molecular weight excluding hydrogens is 156 g/mol. The van der Waals surface area contributed by atoms with Crippen LogP contribution in [0.5, 0.6) is 0 Å². The summed E-state index contributed by atoms with van der Waals surface area (Å²) in [7, 11) is 0. The van der Waals surface area contributed by atoms with Gasteiger partial charge in [-0.25, -0.2) is 0 Å². The summed E-state index contributed by atoms with van der Waals surface area (Å²) in [6.07, 6.45) is 2.52. The van der Waals surface area contributed by atoms with Gasteiger partial charge in [0.25, 0.3) is 0 Å². The van der Waals surface area contributed by atoms with E-state index in [4.69, 9.17) is 0 Å². The van der Waals surface area contributed by atoms with Crippen LogP contribution in [0.2, 0.25) is 0 Å². The zero-order valence-electron chi connectivity index (χ0n) is 10.9. The van der Waals surface area contributed by atoms with Gasteiger partial charge in [0.1, 0.15) is 0 Å². The van der Waals surface area contributed by atoms with E-state index in [9.17, 15) is 0 Å². The van der Waals surface area contributed by atoms with E-state index in [2.05, 4.69) is 55.4 Å². The van der Waals surface area contributed by atoms with Gasteiger partial charge in [0.15, 0.2) is 0 Å². The van der Waals surface area contributed by atoms with Crippen LogP contribution in [0.4, 0.5) is 0 Å². The maximum absolute atomic E-state index is 2.44. The van der Waals surface area contributed by atoms with Crippen LogP contribution in [0.3, 0.4) is 0 Å². The van der Waals surface area contributed by atoms with Crippen molar-refractivity contribution in [3.63, 3.8) is 0 Å². The van der Waals surface area contributed by atoms with Gasteiger partial charge >= 0.3 is 0 Å². The average molecular weight is 184 g/mol. The molecule has 0 amide bonds. The minimum absolute atomic E-state index is 0.390. The van der Waals surface area contributed by atoms with Crippen molar-refractivity contribution in [1.29, 1.82) is 0 Å². The second-order valence-electron chi connectivity index (χ2n) is 6.17. The quantitative estimate of drug-likeness (QED) is 0.586. The molecule has 1 atom stereocenters. The summed E-state index contributed by atoms with van der Waals surface area (Å²) in [5.41, 5.74) is 1.25. The molecule has 0 aliphatic carbocycles. The van der Waals surface area contributed by atoms with E-state index >= 15 is 0 Å². The monoisotopic (exact) mass is 184 g/mol. The molecule has 13 heavy (non-hydrogen) atoms. The smallest absolute Gasteiger partial charge is 0.0229 e. The van der Waals surface area contributed by atoms with Crippen LogP contribution >= 0.6 is 0 Å². The Morgan fingerprint density at radius 1 is 0.692 bits per heavy atom. The van der Waals surface area contributed by atoms with E-state index in [-0.39, 0.29) is 0 Å². The van der Waals surface area contributed by atoms with Crippen LogP contribution in [0.15, 0.2) is 0 Å². The van der Waals surface area contributed by atoms with Crippen molar-refractivity contribution in [2.45, 2.75) is 68.2 Å². The molecule has 0 heterocycles. The predicted molar refractivity (Wildman–Crippen MR) is 61.9 cm³/mol. The van der Waals surface area contributed by atoms with Gasteiger partial charge in [-0.2, -0.15) is 0 Å². The Morgan fingerprint density at radius 3 is 1.15 bits per heavy atom. The summed E-state index contributed by atoms with van der Waals surface area (Å²) in [6, 6.07) is 0. The standard InChI is InChI=1S/C13H28/c1-9-12(6,7)13(8,10-2)11(3,4)5/h9-10H2,1-8H3. The zero-order chi connectivity index (χ0) is 10.9. The Morgan fingerprint density at radius 2 is 1.08 bits per heavy atom. The average Bonchev–Trinajstić information content (AvgIpc) is 2.00. The van der Waals surface area contributed by atoms with E-state index in [0.717, 1.165) is 0 Å². The third-order valence-electron chi connectivity index (χ3n) is 4.74. The molecule has 0 aliphatic rings. The highest BCUT2D eigenvalue weighted by molar-refractivity contribution is 4.95. The second-order valence-corrected chi connectivity index (χ2v) is 6.17. The largest absolute Gasteiger partial charge is 0.0649 e. The molecule has 0 aromatic heterocycles. The Balaban J connectivity index is 5.06. The fraction of sp³-hybridized carbons (Fsp3) is 1.00. The molecule has 0 aliphatic heterocycles. The van der Waals surface area contributed by atoms with Crippen LogP contribution < -0.4 is 0 Å². The van der Waals surface area contributed by atoms with Crippen LogP contribution in [-0.4, -0.2) is 0 Å².